The molecule has 8 heteroatoms. The number of carbonyl (C=O) groups excluding carboxylic acids is 5. The number of esters is 1. The van der Waals surface area contributed by atoms with Crippen molar-refractivity contribution in [3.63, 3.8) is 0 Å². The quantitative estimate of drug-likeness (QED) is 0.226. The number of ether oxygens (including phenoxy) is 1. The van der Waals surface area contributed by atoms with Crippen LogP contribution in [-0.2, 0) is 19.1 Å². The fraction of sp³-hybridized carbons (Fsp3) is 0.0741. The van der Waals surface area contributed by atoms with E-state index in [0.29, 0.717) is 11.1 Å². The second-order valence-corrected chi connectivity index (χ2v) is 7.77. The third kappa shape index (κ3) is 4.91. The molecule has 2 unspecified atom stereocenters. The molecule has 0 spiro atoms. The van der Waals surface area contributed by atoms with Crippen LogP contribution in [0.25, 0.3) is 6.08 Å². The summed E-state index contributed by atoms with van der Waals surface area (Å²) in [6.45, 7) is 0. The van der Waals surface area contributed by atoms with Gasteiger partial charge >= 0.3 is 5.97 Å². The number of amides is 2. The van der Waals surface area contributed by atoms with Gasteiger partial charge in [-0.1, -0.05) is 66.7 Å². The molecule has 2 atom stereocenters. The van der Waals surface area contributed by atoms with Crippen molar-refractivity contribution in [2.24, 2.45) is 11.7 Å². The van der Waals surface area contributed by atoms with Crippen LogP contribution in [-0.4, -0.2) is 29.4 Å². The zero-order valence-electron chi connectivity index (χ0n) is 18.3. The van der Waals surface area contributed by atoms with E-state index in [1.54, 1.807) is 54.6 Å². The summed E-state index contributed by atoms with van der Waals surface area (Å²) in [5.41, 5.74) is 6.62. The maximum atomic E-state index is 13.3. The number of primary amides is 1. The van der Waals surface area contributed by atoms with Crippen molar-refractivity contribution < 1.29 is 28.7 Å². The number of carbonyl (C=O) groups is 5. The zero-order valence-corrected chi connectivity index (χ0v) is 18.3. The Morgan fingerprint density at radius 3 is 2.29 bits per heavy atom. The van der Waals surface area contributed by atoms with Gasteiger partial charge in [-0.2, -0.15) is 0 Å². The molecule has 35 heavy (non-hydrogen) atoms. The normalized spacial score (nSPS) is 15.2. The van der Waals surface area contributed by atoms with Gasteiger partial charge in [-0.25, -0.2) is 4.79 Å². The Morgan fingerprint density at radius 1 is 0.886 bits per heavy atom. The van der Waals surface area contributed by atoms with E-state index in [1.807, 2.05) is 6.07 Å². The van der Waals surface area contributed by atoms with Crippen LogP contribution in [0.2, 0.25) is 0 Å². The van der Waals surface area contributed by atoms with Crippen LogP contribution in [0.5, 0.6) is 0 Å². The predicted molar refractivity (Wildman–Crippen MR) is 127 cm³/mol. The van der Waals surface area contributed by atoms with Crippen molar-refractivity contribution in [2.75, 3.05) is 5.32 Å². The number of anilines is 1. The molecule has 174 valence electrons. The number of nitrogens with one attached hydrogen (secondary N) is 1. The minimum Gasteiger partial charge on any atom is -0.453 e. The highest BCUT2D eigenvalue weighted by Gasteiger charge is 2.45. The van der Waals surface area contributed by atoms with Gasteiger partial charge in [0.15, 0.2) is 5.78 Å². The number of ketones is 2. The second kappa shape index (κ2) is 9.96. The van der Waals surface area contributed by atoms with E-state index < -0.39 is 41.4 Å². The molecule has 8 nitrogen and oxygen atoms in total. The third-order valence-electron chi connectivity index (χ3n) is 5.52. The van der Waals surface area contributed by atoms with E-state index in [2.05, 4.69) is 5.32 Å². The first-order valence-corrected chi connectivity index (χ1v) is 10.7. The Kier molecular flexibility index (Phi) is 6.64. The molecule has 0 radical (unpaired) electrons. The molecule has 0 saturated heterocycles. The van der Waals surface area contributed by atoms with Gasteiger partial charge < -0.3 is 15.8 Å². The van der Waals surface area contributed by atoms with Crippen molar-refractivity contribution >= 4 is 41.1 Å². The minimum atomic E-state index is -1.64. The van der Waals surface area contributed by atoms with Gasteiger partial charge in [0.1, 0.15) is 12.0 Å². The van der Waals surface area contributed by atoms with Gasteiger partial charge in [-0.15, -0.1) is 0 Å². The number of fused-ring (bicyclic) bond motifs is 1. The van der Waals surface area contributed by atoms with Crippen molar-refractivity contribution in [3.05, 3.63) is 107 Å². The molecule has 0 saturated carbocycles. The standard InChI is InChI=1S/C27H20N2O6/c28-25(32)19-12-6-7-13-20(19)29-26(33)23(31)22(21(30)15-14-16-8-2-1-3-9-16)24-17-10-4-5-11-18(17)27(34)35-24/h1-15,22,24H,(H2,28,32)(H,29,33)/b15-14+. The van der Waals surface area contributed by atoms with Gasteiger partial charge in [0.2, 0.25) is 5.78 Å². The fourth-order valence-electron chi connectivity index (χ4n) is 3.82. The molecule has 1 aliphatic heterocycles. The van der Waals surface area contributed by atoms with Crippen molar-refractivity contribution in [3.8, 4) is 0 Å². The van der Waals surface area contributed by atoms with E-state index in [-0.39, 0.29) is 16.8 Å². The number of allylic oxidation sites excluding steroid dienone is 1. The third-order valence-corrected chi connectivity index (χ3v) is 5.52. The van der Waals surface area contributed by atoms with Gasteiger partial charge in [0.25, 0.3) is 11.8 Å². The molecule has 0 bridgehead atoms. The zero-order chi connectivity index (χ0) is 24.9. The Balaban J connectivity index is 1.68. The number of rotatable bonds is 8. The number of Topliss-reactive ketones (excluding diaryl/α,β-unsaturated/α-hetero) is 1. The molecule has 1 heterocycles. The molecule has 0 aromatic heterocycles. The Bertz CT molecular complexity index is 1360. The largest absolute Gasteiger partial charge is 0.453 e. The number of para-hydroxylation sites is 1. The highest BCUT2D eigenvalue weighted by molar-refractivity contribution is 6.45. The number of nitrogens with two attached hydrogens (primary N) is 1. The maximum Gasteiger partial charge on any atom is 0.339 e. The number of benzene rings is 3. The van der Waals surface area contributed by atoms with Crippen LogP contribution in [0, 0.1) is 5.92 Å². The Hall–Kier alpha value is -4.85. The molecular formula is C27H20N2O6. The summed E-state index contributed by atoms with van der Waals surface area (Å²) in [4.78, 5) is 63.5. The summed E-state index contributed by atoms with van der Waals surface area (Å²) >= 11 is 0. The summed E-state index contributed by atoms with van der Waals surface area (Å²) in [6.07, 6.45) is 1.40. The molecule has 0 fully saturated rings. The van der Waals surface area contributed by atoms with E-state index in [4.69, 9.17) is 10.5 Å². The SMILES string of the molecule is NC(=O)c1ccccc1NC(=O)C(=O)C(C(=O)/C=C/c1ccccc1)C1OC(=O)c2ccccc21. The minimum absolute atomic E-state index is 0.00172. The van der Waals surface area contributed by atoms with Crippen molar-refractivity contribution in [1.82, 2.24) is 0 Å². The highest BCUT2D eigenvalue weighted by Crippen LogP contribution is 2.37. The Labute approximate surface area is 200 Å². The smallest absolute Gasteiger partial charge is 0.339 e. The first-order valence-electron chi connectivity index (χ1n) is 10.7. The molecule has 3 aromatic rings. The molecule has 4 rings (SSSR count). The first-order chi connectivity index (χ1) is 16.9. The van der Waals surface area contributed by atoms with Crippen LogP contribution in [0.3, 0.4) is 0 Å². The van der Waals surface area contributed by atoms with Crippen LogP contribution in [0.1, 0.15) is 37.9 Å². The van der Waals surface area contributed by atoms with Crippen molar-refractivity contribution in [2.45, 2.75) is 6.10 Å². The number of hydrogen-bond acceptors (Lipinski definition) is 6. The lowest BCUT2D eigenvalue weighted by Gasteiger charge is -2.20. The summed E-state index contributed by atoms with van der Waals surface area (Å²) in [5.74, 6) is -6.12. The molecule has 3 aromatic carbocycles. The summed E-state index contributed by atoms with van der Waals surface area (Å²) in [6, 6.07) is 21.2. The molecular weight excluding hydrogens is 448 g/mol. The average Bonchev–Trinajstić information content (AvgIpc) is 3.19. The molecule has 1 aliphatic rings. The summed E-state index contributed by atoms with van der Waals surface area (Å²) in [7, 11) is 0. The van der Waals surface area contributed by atoms with Gasteiger partial charge in [-0.05, 0) is 29.8 Å². The summed E-state index contributed by atoms with van der Waals surface area (Å²) < 4.78 is 5.38. The van der Waals surface area contributed by atoms with Crippen molar-refractivity contribution in [1.29, 1.82) is 0 Å². The monoisotopic (exact) mass is 468 g/mol. The number of cyclic esters (lactones) is 1. The van der Waals surface area contributed by atoms with Crippen LogP contribution in [0.4, 0.5) is 5.69 Å². The molecule has 3 N–H and O–H groups in total. The van der Waals surface area contributed by atoms with Crippen LogP contribution in [0.15, 0.2) is 84.9 Å². The maximum absolute atomic E-state index is 13.3. The van der Waals surface area contributed by atoms with Gasteiger partial charge in [-0.3, -0.25) is 19.2 Å². The lowest BCUT2D eigenvalue weighted by molar-refractivity contribution is -0.143. The molecule has 2 amide bonds. The highest BCUT2D eigenvalue weighted by atomic mass is 16.5. The van der Waals surface area contributed by atoms with E-state index >= 15 is 0 Å². The van der Waals surface area contributed by atoms with Crippen LogP contribution >= 0.6 is 0 Å². The van der Waals surface area contributed by atoms with Crippen LogP contribution < -0.4 is 11.1 Å². The van der Waals surface area contributed by atoms with Gasteiger partial charge in [0.05, 0.1) is 16.8 Å². The fourth-order valence-corrected chi connectivity index (χ4v) is 3.82. The van der Waals surface area contributed by atoms with E-state index in [0.717, 1.165) is 0 Å². The van der Waals surface area contributed by atoms with E-state index in [1.165, 1.54) is 30.4 Å². The summed E-state index contributed by atoms with van der Waals surface area (Å²) in [5, 5.41) is 2.35. The lowest BCUT2D eigenvalue weighted by Crippen LogP contribution is -2.37. The predicted octanol–water partition coefficient (Wildman–Crippen LogP) is 3.10. The lowest BCUT2D eigenvalue weighted by atomic mass is 9.86. The van der Waals surface area contributed by atoms with E-state index in [9.17, 15) is 24.0 Å². The Morgan fingerprint density at radius 2 is 1.54 bits per heavy atom. The second-order valence-electron chi connectivity index (χ2n) is 7.77. The number of hydrogen-bond donors (Lipinski definition) is 2. The first kappa shape index (κ1) is 23.3. The average molecular weight is 468 g/mol. The van der Waals surface area contributed by atoms with Gasteiger partial charge in [0, 0.05) is 5.56 Å². The topological polar surface area (TPSA) is 133 Å². The molecule has 0 aliphatic carbocycles.